The number of hydrogen-bond donors (Lipinski definition) is 2. The van der Waals surface area contributed by atoms with Crippen molar-refractivity contribution < 1.29 is 18.3 Å². The molecule has 0 saturated heterocycles. The second kappa shape index (κ2) is 7.03. The zero-order valence-electron chi connectivity index (χ0n) is 10.1. The molecule has 0 aliphatic carbocycles. The number of nitrogens with two attached hydrogens (primary N) is 1. The van der Waals surface area contributed by atoms with E-state index < -0.39 is 17.7 Å². The number of carbonyl (C=O) groups is 1. The normalized spacial score (nSPS) is 12.2. The van der Waals surface area contributed by atoms with Crippen LogP contribution in [-0.4, -0.2) is 32.2 Å². The number of ether oxygens (including phenoxy) is 1. The van der Waals surface area contributed by atoms with Gasteiger partial charge in [0.2, 0.25) is 5.91 Å². The number of benzene rings is 1. The Bertz CT molecular complexity index is 413. The molecular formula is C12H16F2N2O2. The van der Waals surface area contributed by atoms with E-state index in [0.717, 1.165) is 6.07 Å². The van der Waals surface area contributed by atoms with Gasteiger partial charge in [-0.25, -0.2) is 8.78 Å². The van der Waals surface area contributed by atoms with Gasteiger partial charge in [-0.2, -0.15) is 0 Å². The van der Waals surface area contributed by atoms with Crippen LogP contribution >= 0.6 is 0 Å². The van der Waals surface area contributed by atoms with Gasteiger partial charge in [0, 0.05) is 13.7 Å². The van der Waals surface area contributed by atoms with Crippen LogP contribution < -0.4 is 11.1 Å². The Hall–Kier alpha value is -1.53. The molecule has 6 heteroatoms. The molecule has 1 atom stereocenters. The Morgan fingerprint density at radius 3 is 2.89 bits per heavy atom. The van der Waals surface area contributed by atoms with E-state index in [9.17, 15) is 13.6 Å². The summed E-state index contributed by atoms with van der Waals surface area (Å²) in [5.41, 5.74) is 5.71. The summed E-state index contributed by atoms with van der Waals surface area (Å²) in [4.78, 5) is 11.4. The Labute approximate surface area is 104 Å². The zero-order valence-corrected chi connectivity index (χ0v) is 10.1. The van der Waals surface area contributed by atoms with Gasteiger partial charge in [0.1, 0.15) is 6.04 Å². The van der Waals surface area contributed by atoms with Gasteiger partial charge in [0.05, 0.1) is 6.61 Å². The SMILES string of the molecule is COCC(N)C(=O)NCCc1cccc(F)c1F. The minimum Gasteiger partial charge on any atom is -0.383 e. The molecule has 18 heavy (non-hydrogen) atoms. The summed E-state index contributed by atoms with van der Waals surface area (Å²) in [7, 11) is 1.44. The van der Waals surface area contributed by atoms with Crippen molar-refractivity contribution in [2.75, 3.05) is 20.3 Å². The van der Waals surface area contributed by atoms with Gasteiger partial charge < -0.3 is 15.8 Å². The van der Waals surface area contributed by atoms with Gasteiger partial charge in [-0.3, -0.25) is 4.79 Å². The maximum atomic E-state index is 13.3. The highest BCUT2D eigenvalue weighted by Crippen LogP contribution is 2.11. The Kier molecular flexibility index (Phi) is 5.67. The molecule has 1 aromatic carbocycles. The molecule has 0 aliphatic heterocycles. The lowest BCUT2D eigenvalue weighted by molar-refractivity contribution is -0.123. The van der Waals surface area contributed by atoms with Crippen molar-refractivity contribution in [1.82, 2.24) is 5.32 Å². The number of nitrogens with one attached hydrogen (secondary N) is 1. The van der Waals surface area contributed by atoms with Gasteiger partial charge in [-0.15, -0.1) is 0 Å². The quantitative estimate of drug-likeness (QED) is 0.785. The summed E-state index contributed by atoms with van der Waals surface area (Å²) in [5, 5.41) is 2.53. The van der Waals surface area contributed by atoms with Crippen molar-refractivity contribution in [1.29, 1.82) is 0 Å². The standard InChI is InChI=1S/C12H16F2N2O2/c1-18-7-10(15)12(17)16-6-5-8-3-2-4-9(13)11(8)14/h2-4,10H,5-7,15H2,1H3,(H,16,17). The molecule has 1 unspecified atom stereocenters. The van der Waals surface area contributed by atoms with E-state index in [1.165, 1.54) is 19.2 Å². The second-order valence-electron chi connectivity index (χ2n) is 3.82. The number of halogens is 2. The van der Waals surface area contributed by atoms with Crippen molar-refractivity contribution in [3.8, 4) is 0 Å². The number of rotatable bonds is 6. The fourth-order valence-electron chi connectivity index (χ4n) is 1.45. The molecule has 0 spiro atoms. The highest BCUT2D eigenvalue weighted by molar-refractivity contribution is 5.81. The van der Waals surface area contributed by atoms with Gasteiger partial charge in [-0.05, 0) is 18.1 Å². The molecule has 100 valence electrons. The van der Waals surface area contributed by atoms with Crippen LogP contribution in [0.15, 0.2) is 18.2 Å². The monoisotopic (exact) mass is 258 g/mol. The first-order chi connectivity index (χ1) is 8.56. The molecule has 0 bridgehead atoms. The fraction of sp³-hybridized carbons (Fsp3) is 0.417. The molecule has 0 heterocycles. The van der Waals surface area contributed by atoms with Crippen molar-refractivity contribution >= 4 is 5.91 Å². The molecule has 4 nitrogen and oxygen atoms in total. The van der Waals surface area contributed by atoms with E-state index in [2.05, 4.69) is 5.32 Å². The summed E-state index contributed by atoms with van der Waals surface area (Å²) in [6, 6.07) is 3.19. The average Bonchev–Trinajstić information content (AvgIpc) is 2.34. The lowest BCUT2D eigenvalue weighted by Gasteiger charge is -2.11. The van der Waals surface area contributed by atoms with E-state index in [1.54, 1.807) is 0 Å². The minimum atomic E-state index is -0.894. The highest BCUT2D eigenvalue weighted by Gasteiger charge is 2.13. The number of methoxy groups -OCH3 is 1. The molecule has 3 N–H and O–H groups in total. The van der Waals surface area contributed by atoms with Gasteiger partial charge >= 0.3 is 0 Å². The average molecular weight is 258 g/mol. The van der Waals surface area contributed by atoms with Crippen LogP contribution in [-0.2, 0) is 16.0 Å². The lowest BCUT2D eigenvalue weighted by atomic mass is 10.1. The van der Waals surface area contributed by atoms with Crippen LogP contribution in [0, 0.1) is 11.6 Å². The van der Waals surface area contributed by atoms with Crippen molar-refractivity contribution in [3.63, 3.8) is 0 Å². The second-order valence-corrected chi connectivity index (χ2v) is 3.82. The van der Waals surface area contributed by atoms with Crippen molar-refractivity contribution in [2.24, 2.45) is 5.73 Å². The van der Waals surface area contributed by atoms with E-state index in [0.29, 0.717) is 0 Å². The predicted molar refractivity (Wildman–Crippen MR) is 62.9 cm³/mol. The van der Waals surface area contributed by atoms with Gasteiger partial charge in [0.15, 0.2) is 11.6 Å². The first-order valence-electron chi connectivity index (χ1n) is 5.51. The number of amides is 1. The minimum absolute atomic E-state index is 0.111. The fourth-order valence-corrected chi connectivity index (χ4v) is 1.45. The van der Waals surface area contributed by atoms with Crippen molar-refractivity contribution in [3.05, 3.63) is 35.4 Å². The number of carbonyl (C=O) groups excluding carboxylic acids is 1. The zero-order chi connectivity index (χ0) is 13.5. The van der Waals surface area contributed by atoms with E-state index in [4.69, 9.17) is 10.5 Å². The molecule has 1 rings (SSSR count). The Morgan fingerprint density at radius 1 is 1.50 bits per heavy atom. The molecule has 0 fully saturated rings. The highest BCUT2D eigenvalue weighted by atomic mass is 19.2. The van der Waals surface area contributed by atoms with Crippen LogP contribution in [0.3, 0.4) is 0 Å². The van der Waals surface area contributed by atoms with Crippen LogP contribution in [0.25, 0.3) is 0 Å². The van der Waals surface area contributed by atoms with E-state index in [-0.39, 0.29) is 31.0 Å². The summed E-state index contributed by atoms with van der Waals surface area (Å²) in [6.45, 7) is 0.302. The largest absolute Gasteiger partial charge is 0.383 e. The molecule has 0 aromatic heterocycles. The smallest absolute Gasteiger partial charge is 0.239 e. The third kappa shape index (κ3) is 4.05. The molecule has 0 aliphatic rings. The van der Waals surface area contributed by atoms with Crippen LogP contribution in [0.5, 0.6) is 0 Å². The predicted octanol–water partition coefficient (Wildman–Crippen LogP) is 0.597. The Morgan fingerprint density at radius 2 is 2.22 bits per heavy atom. The van der Waals surface area contributed by atoms with Crippen LogP contribution in [0.1, 0.15) is 5.56 Å². The van der Waals surface area contributed by atoms with Crippen LogP contribution in [0.2, 0.25) is 0 Å². The number of hydrogen-bond acceptors (Lipinski definition) is 3. The molecule has 0 radical (unpaired) electrons. The summed E-state index contributed by atoms with van der Waals surface area (Å²) in [6.07, 6.45) is 0.203. The molecule has 1 aromatic rings. The van der Waals surface area contributed by atoms with Crippen LogP contribution in [0.4, 0.5) is 8.78 Å². The summed E-state index contributed by atoms with van der Waals surface area (Å²) in [5.74, 6) is -2.16. The molecular weight excluding hydrogens is 242 g/mol. The molecule has 0 saturated carbocycles. The van der Waals surface area contributed by atoms with Gasteiger partial charge in [0.25, 0.3) is 0 Å². The third-order valence-electron chi connectivity index (χ3n) is 2.41. The van der Waals surface area contributed by atoms with E-state index >= 15 is 0 Å². The Balaban J connectivity index is 2.42. The maximum absolute atomic E-state index is 13.3. The maximum Gasteiger partial charge on any atom is 0.239 e. The third-order valence-corrected chi connectivity index (χ3v) is 2.41. The molecule has 1 amide bonds. The van der Waals surface area contributed by atoms with E-state index in [1.807, 2.05) is 0 Å². The van der Waals surface area contributed by atoms with Gasteiger partial charge in [-0.1, -0.05) is 12.1 Å². The first kappa shape index (κ1) is 14.5. The lowest BCUT2D eigenvalue weighted by Crippen LogP contribution is -2.44. The topological polar surface area (TPSA) is 64.3 Å². The first-order valence-corrected chi connectivity index (χ1v) is 5.51. The van der Waals surface area contributed by atoms with Crippen molar-refractivity contribution in [2.45, 2.75) is 12.5 Å². The summed E-state index contributed by atoms with van der Waals surface area (Å²) < 4.78 is 30.9. The summed E-state index contributed by atoms with van der Waals surface area (Å²) >= 11 is 0.